The van der Waals surface area contributed by atoms with Gasteiger partial charge < -0.3 is 33.8 Å². The summed E-state index contributed by atoms with van der Waals surface area (Å²) < 4.78 is 68.5. The van der Waals surface area contributed by atoms with Gasteiger partial charge in [0, 0.05) is 25.7 Å². The number of phosphoric ester groups is 2. The monoisotopic (exact) mass is 1620 g/mol. The summed E-state index contributed by atoms with van der Waals surface area (Å²) in [5, 5.41) is 10.7. The van der Waals surface area contributed by atoms with E-state index in [9.17, 15) is 43.2 Å². The largest absolute Gasteiger partial charge is 0.472 e. The Balaban J connectivity index is 5.65. The molecule has 19 heteroatoms. The van der Waals surface area contributed by atoms with Gasteiger partial charge in [-0.15, -0.1) is 0 Å². The Morgan fingerprint density at radius 2 is 0.482 bits per heavy atom. The maximum Gasteiger partial charge on any atom is 0.472 e. The number of esters is 4. The molecule has 0 heterocycles. The van der Waals surface area contributed by atoms with Crippen molar-refractivity contribution in [3.05, 3.63) is 255 Å². The van der Waals surface area contributed by atoms with Crippen molar-refractivity contribution in [2.45, 2.75) is 277 Å². The smallest absolute Gasteiger partial charge is 0.462 e. The summed E-state index contributed by atoms with van der Waals surface area (Å²) in [5.41, 5.74) is 0. The Bertz CT molecular complexity index is 3170. The molecule has 0 saturated carbocycles. The van der Waals surface area contributed by atoms with Crippen molar-refractivity contribution in [2.75, 3.05) is 39.6 Å². The van der Waals surface area contributed by atoms with Crippen LogP contribution in [0.15, 0.2) is 255 Å². The Morgan fingerprint density at radius 1 is 0.254 bits per heavy atom. The Hall–Kier alpha value is -7.40. The molecule has 0 aromatic carbocycles. The number of aliphatic hydroxyl groups is 1. The maximum atomic E-state index is 13.1. The van der Waals surface area contributed by atoms with Crippen LogP contribution in [0.25, 0.3) is 0 Å². The first kappa shape index (κ1) is 107. The molecular weight excluding hydrogens is 1470 g/mol. The number of hydrogen-bond donors (Lipinski definition) is 3. The molecule has 0 aliphatic heterocycles. The minimum atomic E-state index is -5.04. The van der Waals surface area contributed by atoms with Gasteiger partial charge in [-0.25, -0.2) is 9.13 Å². The average molecular weight is 1620 g/mol. The maximum absolute atomic E-state index is 13.1. The van der Waals surface area contributed by atoms with Crippen molar-refractivity contribution < 1.29 is 80.2 Å². The van der Waals surface area contributed by atoms with Crippen molar-refractivity contribution in [3.63, 3.8) is 0 Å². The number of phosphoric acid groups is 2. The van der Waals surface area contributed by atoms with E-state index in [0.717, 1.165) is 141 Å². The van der Waals surface area contributed by atoms with E-state index in [0.29, 0.717) is 44.9 Å². The molecule has 0 aromatic heterocycles. The third kappa shape index (κ3) is 82.6. The standard InChI is InChI=1S/C95H144O17P2/c1-5-9-13-17-21-25-29-33-37-41-44-48-52-56-60-64-68-72-76-80-93(98)106-86-91(112-95(100)82-78-74-70-66-62-58-54-50-46-43-39-35-31-27-23-19-15-11-7-3)88-110-114(103,104)108-84-89(96)83-107-113(101,102)109-87-90(85-105-92(97)79-75-71-67-63-59-55-51-47-40-36-32-28-24-20-16-12-8-4)111-94(99)81-77-73-69-65-61-57-53-49-45-42-38-34-30-26-22-18-14-10-6-2/h9-11,13-15,21-28,33-40,44-46,48-51,55-58,60-63,67,69-70,73-74,89-91,96H,5-8,12,16-20,29-32,41-43,47,52-54,59,64-66,68,71-72,75-88H2,1-4H3,(H,101,102)(H,103,104)/b13-9-,14-10-,15-11-,25-21-,26-22-,27-23-,28-24-,37-33-,38-34-,39-35-,40-36-,48-44-,49-45-,50-46-,55-51-,60-56-,61-57-,62-58-,67-63-,73-69-,74-70-/t89-,90+,91+/m0/s1. The molecule has 0 bridgehead atoms. The molecular formula is C95H144O17P2. The van der Waals surface area contributed by atoms with Gasteiger partial charge in [0.15, 0.2) is 12.2 Å². The van der Waals surface area contributed by atoms with Gasteiger partial charge in [0.05, 0.1) is 26.4 Å². The van der Waals surface area contributed by atoms with Gasteiger partial charge in [0.25, 0.3) is 0 Å². The van der Waals surface area contributed by atoms with Crippen LogP contribution in [0.4, 0.5) is 0 Å². The second kappa shape index (κ2) is 83.5. The molecule has 17 nitrogen and oxygen atoms in total. The highest BCUT2D eigenvalue weighted by atomic mass is 31.2. The van der Waals surface area contributed by atoms with Crippen molar-refractivity contribution in [1.29, 1.82) is 0 Å². The van der Waals surface area contributed by atoms with Gasteiger partial charge in [-0.2, -0.15) is 0 Å². The lowest BCUT2D eigenvalue weighted by Crippen LogP contribution is -2.30. The van der Waals surface area contributed by atoms with Crippen molar-refractivity contribution in [3.8, 4) is 0 Å². The molecule has 5 atom stereocenters. The highest BCUT2D eigenvalue weighted by molar-refractivity contribution is 7.47. The zero-order valence-corrected chi connectivity index (χ0v) is 71.4. The molecule has 2 unspecified atom stereocenters. The van der Waals surface area contributed by atoms with Crippen LogP contribution < -0.4 is 0 Å². The molecule has 0 aliphatic rings. The molecule has 0 radical (unpaired) electrons. The van der Waals surface area contributed by atoms with Crippen molar-refractivity contribution in [1.82, 2.24) is 0 Å². The fourth-order valence-electron chi connectivity index (χ4n) is 9.76. The number of carbonyl (C=O) groups excluding carboxylic acids is 4. The molecule has 0 spiro atoms. The number of allylic oxidation sites excluding steroid dienone is 42. The predicted octanol–water partition coefficient (Wildman–Crippen LogP) is 25.3. The number of ether oxygens (including phenoxy) is 4. The molecule has 0 fully saturated rings. The van der Waals surface area contributed by atoms with E-state index in [-0.39, 0.29) is 25.7 Å². The van der Waals surface area contributed by atoms with Crippen LogP contribution >= 0.6 is 15.6 Å². The first-order chi connectivity index (χ1) is 55.7. The molecule has 114 heavy (non-hydrogen) atoms. The lowest BCUT2D eigenvalue weighted by atomic mass is 10.1. The van der Waals surface area contributed by atoms with Gasteiger partial charge in [0.1, 0.15) is 19.3 Å². The number of aliphatic hydroxyl groups excluding tert-OH is 1. The predicted molar refractivity (Wildman–Crippen MR) is 472 cm³/mol. The van der Waals surface area contributed by atoms with Crippen LogP contribution in [0.3, 0.4) is 0 Å². The number of rotatable bonds is 75. The normalized spacial score (nSPS) is 15.0. The summed E-state index contributed by atoms with van der Waals surface area (Å²) in [7, 11) is -10.1. The highest BCUT2D eigenvalue weighted by Gasteiger charge is 2.30. The Kier molecular flexibility index (Phi) is 78.1. The summed E-state index contributed by atoms with van der Waals surface area (Å²) >= 11 is 0. The van der Waals surface area contributed by atoms with Gasteiger partial charge in [-0.3, -0.25) is 37.3 Å². The lowest BCUT2D eigenvalue weighted by Gasteiger charge is -2.21. The van der Waals surface area contributed by atoms with Crippen LogP contribution in [0, 0.1) is 0 Å². The first-order valence-electron chi connectivity index (χ1n) is 41.9. The molecule has 636 valence electrons. The average Bonchev–Trinajstić information content (AvgIpc) is 0.904. The molecule has 0 rings (SSSR count). The summed E-state index contributed by atoms with van der Waals surface area (Å²) in [4.78, 5) is 73.2. The summed E-state index contributed by atoms with van der Waals surface area (Å²) in [6.07, 6.45) is 111. The zero-order chi connectivity index (χ0) is 83.1. The van der Waals surface area contributed by atoms with E-state index in [2.05, 4.69) is 234 Å². The van der Waals surface area contributed by atoms with Gasteiger partial charge in [-0.1, -0.05) is 302 Å². The van der Waals surface area contributed by atoms with E-state index < -0.39 is 97.5 Å². The second-order valence-electron chi connectivity index (χ2n) is 26.6. The van der Waals surface area contributed by atoms with Gasteiger partial charge in [0.2, 0.25) is 0 Å². The molecule has 0 amide bonds. The van der Waals surface area contributed by atoms with E-state index in [1.165, 1.54) is 19.3 Å². The van der Waals surface area contributed by atoms with Crippen LogP contribution in [-0.2, 0) is 65.4 Å². The summed E-state index contributed by atoms with van der Waals surface area (Å²) in [6, 6.07) is 0. The number of unbranched alkanes of at least 4 members (excludes halogenated alkanes) is 7. The van der Waals surface area contributed by atoms with Crippen LogP contribution in [-0.4, -0.2) is 96.7 Å². The highest BCUT2D eigenvalue weighted by Crippen LogP contribution is 2.45. The molecule has 0 saturated heterocycles. The zero-order valence-electron chi connectivity index (χ0n) is 69.6. The first-order valence-corrected chi connectivity index (χ1v) is 44.9. The number of carbonyl (C=O) groups is 4. The van der Waals surface area contributed by atoms with E-state index in [4.69, 9.17) is 37.0 Å². The number of hydrogen-bond acceptors (Lipinski definition) is 15. The molecule has 3 N–H and O–H groups in total. The van der Waals surface area contributed by atoms with Gasteiger partial charge >= 0.3 is 39.5 Å². The SMILES string of the molecule is CC/C=C\C/C=C\C/C=C\C/C=C\C/C=C\C/C=C\CCC(=O)O[C@H](COC(=O)CCC/C=C\C/C=C\C/C=C\C/C=C\CCCCC)COP(=O)(O)OC[C@H](O)COP(=O)(O)OC[C@@H](COC(=O)CCCCC/C=C\C/C=C\C/C=C\C/C=C\C/C=C\CC)OC(=O)CC/C=C\C/C=C\C/C=C\C/C=C\C/C=C\C/C=C\CC. The summed E-state index contributed by atoms with van der Waals surface area (Å²) in [5.74, 6) is -2.51. The Morgan fingerprint density at radius 3 is 0.754 bits per heavy atom. The molecule has 0 aliphatic carbocycles. The van der Waals surface area contributed by atoms with Crippen LogP contribution in [0.5, 0.6) is 0 Å². The summed E-state index contributed by atoms with van der Waals surface area (Å²) in [6.45, 7) is 4.18. The third-order valence-electron chi connectivity index (χ3n) is 16.0. The third-order valence-corrected chi connectivity index (χ3v) is 17.9. The fraction of sp³-hybridized carbons (Fsp3) is 0.516. The van der Waals surface area contributed by atoms with Crippen molar-refractivity contribution >= 4 is 39.5 Å². The van der Waals surface area contributed by atoms with E-state index in [1.54, 1.807) is 0 Å². The quantitative estimate of drug-likeness (QED) is 0.0169. The van der Waals surface area contributed by atoms with E-state index in [1.807, 2.05) is 48.6 Å². The minimum Gasteiger partial charge on any atom is -0.462 e. The van der Waals surface area contributed by atoms with Crippen molar-refractivity contribution in [2.24, 2.45) is 0 Å². The fourth-order valence-corrected chi connectivity index (χ4v) is 11.3. The molecule has 0 aromatic rings. The van der Waals surface area contributed by atoms with Crippen LogP contribution in [0.2, 0.25) is 0 Å². The van der Waals surface area contributed by atoms with Gasteiger partial charge in [-0.05, 0) is 186 Å². The topological polar surface area (TPSA) is 237 Å². The lowest BCUT2D eigenvalue weighted by molar-refractivity contribution is -0.161. The Labute approximate surface area is 688 Å². The van der Waals surface area contributed by atoms with Crippen LogP contribution in [0.1, 0.15) is 259 Å². The minimum absolute atomic E-state index is 0.0539. The second-order valence-corrected chi connectivity index (χ2v) is 29.5. The van der Waals surface area contributed by atoms with E-state index >= 15 is 0 Å².